The number of methoxy groups -OCH3 is 2. The van der Waals surface area contributed by atoms with Crippen molar-refractivity contribution in [2.45, 2.75) is 19.3 Å². The van der Waals surface area contributed by atoms with Gasteiger partial charge in [-0.15, -0.1) is 11.6 Å². The fourth-order valence-corrected chi connectivity index (χ4v) is 2.61. The molecule has 1 atom stereocenters. The van der Waals surface area contributed by atoms with Crippen LogP contribution in [0.5, 0.6) is 11.5 Å². The van der Waals surface area contributed by atoms with Crippen molar-refractivity contribution in [3.05, 3.63) is 22.2 Å². The number of benzene rings is 1. The molecule has 0 aromatic heterocycles. The summed E-state index contributed by atoms with van der Waals surface area (Å²) in [6.07, 6.45) is 0.940. The van der Waals surface area contributed by atoms with Gasteiger partial charge in [0.2, 0.25) is 0 Å². The molecule has 1 aromatic rings. The average Bonchev–Trinajstić information content (AvgIpc) is 2.28. The molecular formula is C12H16BrClO2. The molecule has 1 rings (SSSR count). The third-order valence-corrected chi connectivity index (χ3v) is 3.48. The predicted molar refractivity (Wildman–Crippen MR) is 71.0 cm³/mol. The van der Waals surface area contributed by atoms with Crippen LogP contribution in [0.2, 0.25) is 0 Å². The molecule has 16 heavy (non-hydrogen) atoms. The summed E-state index contributed by atoms with van der Waals surface area (Å²) in [5.41, 5.74) is 1.19. The summed E-state index contributed by atoms with van der Waals surface area (Å²) in [5.74, 6) is 2.53. The van der Waals surface area contributed by atoms with Crippen molar-refractivity contribution in [1.29, 1.82) is 0 Å². The Morgan fingerprint density at radius 3 is 2.31 bits per heavy atom. The Labute approximate surface area is 110 Å². The Kier molecular flexibility index (Phi) is 5.42. The van der Waals surface area contributed by atoms with Crippen LogP contribution in [-0.4, -0.2) is 20.1 Å². The molecule has 0 fully saturated rings. The van der Waals surface area contributed by atoms with E-state index in [9.17, 15) is 0 Å². The number of ether oxygens (including phenoxy) is 2. The first-order valence-corrected chi connectivity index (χ1v) is 6.44. The predicted octanol–water partition coefficient (Wildman–Crippen LogP) is 4.20. The zero-order valence-electron chi connectivity index (χ0n) is 9.72. The maximum atomic E-state index is 5.76. The van der Waals surface area contributed by atoms with Crippen LogP contribution >= 0.6 is 27.5 Å². The minimum absolute atomic E-state index is 0.395. The van der Waals surface area contributed by atoms with E-state index in [0.717, 1.165) is 22.4 Å². The second-order valence-electron chi connectivity index (χ2n) is 3.61. The van der Waals surface area contributed by atoms with Gasteiger partial charge in [-0.25, -0.2) is 0 Å². The van der Waals surface area contributed by atoms with Crippen LogP contribution in [0.15, 0.2) is 16.6 Å². The van der Waals surface area contributed by atoms with Gasteiger partial charge in [0.1, 0.15) is 0 Å². The first-order valence-electron chi connectivity index (χ1n) is 5.11. The van der Waals surface area contributed by atoms with Crippen molar-refractivity contribution >= 4 is 27.5 Å². The maximum Gasteiger partial charge on any atom is 0.161 e. The number of alkyl halides is 1. The van der Waals surface area contributed by atoms with Crippen LogP contribution in [-0.2, 0) is 0 Å². The van der Waals surface area contributed by atoms with Gasteiger partial charge >= 0.3 is 0 Å². The third kappa shape index (κ3) is 3.05. The lowest BCUT2D eigenvalue weighted by Gasteiger charge is -2.16. The Bertz CT molecular complexity index is 355. The lowest BCUT2D eigenvalue weighted by Crippen LogP contribution is -1.99. The highest BCUT2D eigenvalue weighted by molar-refractivity contribution is 9.10. The number of hydrogen-bond acceptors (Lipinski definition) is 2. The Hall–Kier alpha value is -0.410. The second kappa shape index (κ2) is 6.36. The smallest absolute Gasteiger partial charge is 0.161 e. The first-order chi connectivity index (χ1) is 7.63. The fraction of sp³-hybridized carbons (Fsp3) is 0.500. The van der Waals surface area contributed by atoms with Gasteiger partial charge < -0.3 is 9.47 Å². The molecule has 0 saturated carbocycles. The standard InChI is InChI=1S/C12H16BrClO2/c1-8(4-5-14)9-6-11(15-2)12(16-3)7-10(9)13/h6-8H,4-5H2,1-3H3. The van der Waals surface area contributed by atoms with Crippen molar-refractivity contribution < 1.29 is 9.47 Å². The van der Waals surface area contributed by atoms with Gasteiger partial charge in [-0.05, 0) is 30.0 Å². The highest BCUT2D eigenvalue weighted by Gasteiger charge is 2.14. The monoisotopic (exact) mass is 306 g/mol. The summed E-state index contributed by atoms with van der Waals surface area (Å²) < 4.78 is 11.5. The zero-order chi connectivity index (χ0) is 12.1. The van der Waals surface area contributed by atoms with Gasteiger partial charge in [0.25, 0.3) is 0 Å². The van der Waals surface area contributed by atoms with E-state index in [1.165, 1.54) is 5.56 Å². The topological polar surface area (TPSA) is 18.5 Å². The van der Waals surface area contributed by atoms with Gasteiger partial charge in [0.05, 0.1) is 14.2 Å². The molecular weight excluding hydrogens is 291 g/mol. The van der Waals surface area contributed by atoms with E-state index in [2.05, 4.69) is 22.9 Å². The quantitative estimate of drug-likeness (QED) is 0.759. The molecule has 0 aliphatic carbocycles. The summed E-state index contributed by atoms with van der Waals surface area (Å²) >= 11 is 9.30. The van der Waals surface area contributed by atoms with Crippen molar-refractivity contribution in [2.75, 3.05) is 20.1 Å². The highest BCUT2D eigenvalue weighted by Crippen LogP contribution is 2.37. The van der Waals surface area contributed by atoms with Gasteiger partial charge in [-0.1, -0.05) is 22.9 Å². The molecule has 0 saturated heterocycles. The minimum Gasteiger partial charge on any atom is -0.493 e. The van der Waals surface area contributed by atoms with Crippen LogP contribution in [0.1, 0.15) is 24.8 Å². The van der Waals surface area contributed by atoms with Crippen molar-refractivity contribution in [1.82, 2.24) is 0 Å². The number of halogens is 2. The van der Waals surface area contributed by atoms with Gasteiger partial charge in [0.15, 0.2) is 11.5 Å². The van der Waals surface area contributed by atoms with Gasteiger partial charge in [-0.2, -0.15) is 0 Å². The zero-order valence-corrected chi connectivity index (χ0v) is 12.1. The lowest BCUT2D eigenvalue weighted by molar-refractivity contribution is 0.354. The largest absolute Gasteiger partial charge is 0.493 e. The molecule has 0 bridgehead atoms. The van der Waals surface area contributed by atoms with Crippen LogP contribution in [0.25, 0.3) is 0 Å². The van der Waals surface area contributed by atoms with Crippen LogP contribution in [0.3, 0.4) is 0 Å². The van der Waals surface area contributed by atoms with E-state index in [4.69, 9.17) is 21.1 Å². The van der Waals surface area contributed by atoms with Crippen LogP contribution < -0.4 is 9.47 Å². The summed E-state index contributed by atoms with van der Waals surface area (Å²) in [7, 11) is 3.27. The molecule has 0 amide bonds. The molecule has 4 heteroatoms. The molecule has 0 N–H and O–H groups in total. The molecule has 0 heterocycles. The summed E-state index contributed by atoms with van der Waals surface area (Å²) in [6, 6.07) is 3.93. The normalized spacial score (nSPS) is 12.3. The lowest BCUT2D eigenvalue weighted by atomic mass is 9.98. The minimum atomic E-state index is 0.395. The van der Waals surface area contributed by atoms with E-state index in [-0.39, 0.29) is 0 Å². The van der Waals surface area contributed by atoms with E-state index in [1.54, 1.807) is 14.2 Å². The highest BCUT2D eigenvalue weighted by atomic mass is 79.9. The maximum absolute atomic E-state index is 5.76. The molecule has 0 aliphatic rings. The third-order valence-electron chi connectivity index (χ3n) is 2.58. The summed E-state index contributed by atoms with van der Waals surface area (Å²) in [5, 5.41) is 0. The van der Waals surface area contributed by atoms with E-state index < -0.39 is 0 Å². The second-order valence-corrected chi connectivity index (χ2v) is 4.84. The van der Waals surface area contributed by atoms with Crippen LogP contribution in [0, 0.1) is 0 Å². The van der Waals surface area contributed by atoms with Crippen molar-refractivity contribution in [3.63, 3.8) is 0 Å². The fourth-order valence-electron chi connectivity index (χ4n) is 1.57. The average molecular weight is 308 g/mol. The molecule has 1 aromatic carbocycles. The van der Waals surface area contributed by atoms with E-state index in [1.807, 2.05) is 12.1 Å². The summed E-state index contributed by atoms with van der Waals surface area (Å²) in [6.45, 7) is 2.15. The van der Waals surface area contributed by atoms with Crippen molar-refractivity contribution in [3.8, 4) is 11.5 Å². The molecule has 90 valence electrons. The summed E-state index contributed by atoms with van der Waals surface area (Å²) in [4.78, 5) is 0. The SMILES string of the molecule is COc1cc(Br)c(C(C)CCCl)cc1OC. The Balaban J connectivity index is 3.10. The van der Waals surface area contributed by atoms with Gasteiger partial charge in [-0.3, -0.25) is 0 Å². The Morgan fingerprint density at radius 1 is 1.25 bits per heavy atom. The van der Waals surface area contributed by atoms with E-state index in [0.29, 0.717) is 11.8 Å². The van der Waals surface area contributed by atoms with Crippen molar-refractivity contribution in [2.24, 2.45) is 0 Å². The molecule has 0 spiro atoms. The van der Waals surface area contributed by atoms with E-state index >= 15 is 0 Å². The Morgan fingerprint density at radius 2 is 1.81 bits per heavy atom. The van der Waals surface area contributed by atoms with Crippen LogP contribution in [0.4, 0.5) is 0 Å². The molecule has 0 aliphatic heterocycles. The van der Waals surface area contributed by atoms with Gasteiger partial charge in [0, 0.05) is 10.4 Å². The molecule has 0 radical (unpaired) electrons. The number of rotatable bonds is 5. The first kappa shape index (κ1) is 13.7. The molecule has 1 unspecified atom stereocenters. The number of hydrogen-bond donors (Lipinski definition) is 0. The molecule has 2 nitrogen and oxygen atoms in total.